The van der Waals surface area contributed by atoms with E-state index in [0.29, 0.717) is 164 Å². The Balaban J connectivity index is 0.000000132. The number of thiazole rings is 3. The Hall–Kier alpha value is -12.5. The minimum absolute atomic E-state index is 0.0137. The topological polar surface area (TPSA) is 522 Å². The lowest BCUT2D eigenvalue weighted by Gasteiger charge is -2.14. The molecule has 0 saturated carbocycles. The lowest BCUT2D eigenvalue weighted by Crippen LogP contribution is -2.29. The molecule has 55 heteroatoms. The van der Waals surface area contributed by atoms with Gasteiger partial charge >= 0.3 is 12.3 Å². The van der Waals surface area contributed by atoms with Crippen LogP contribution < -0.4 is 55.6 Å². The van der Waals surface area contributed by atoms with Gasteiger partial charge in [0.2, 0.25) is 38.2 Å². The number of nitrogens with one attached hydrogen (secondary N) is 11. The number of amides is 3. The molecule has 2 aliphatic rings. The summed E-state index contributed by atoms with van der Waals surface area (Å²) in [7, 11) is 0. The summed E-state index contributed by atoms with van der Waals surface area (Å²) in [4.78, 5) is 126. The summed E-state index contributed by atoms with van der Waals surface area (Å²) in [5.41, 5.74) is 6.70. The molecule has 2 fully saturated rings. The van der Waals surface area contributed by atoms with E-state index in [4.69, 9.17) is 95.3 Å². The average Bonchev–Trinajstić information content (AvgIpc) is 1.68. The van der Waals surface area contributed by atoms with Gasteiger partial charge in [-0.15, -0.1) is 34.0 Å². The van der Waals surface area contributed by atoms with Crippen molar-refractivity contribution >= 4 is 195 Å². The Labute approximate surface area is 718 Å². The molecule has 17 rings (SSSR count). The first-order valence-electron chi connectivity index (χ1n) is 36.0. The molecule has 0 bridgehead atoms. The molecular formula is C67H65Cl5F5N31O11S3. The number of cyclic esters (lactones) is 1. The van der Waals surface area contributed by atoms with Gasteiger partial charge < -0.3 is 104 Å². The summed E-state index contributed by atoms with van der Waals surface area (Å²) in [6.45, 7) is 6.34. The molecule has 0 spiro atoms. The number of halogens is 10. The van der Waals surface area contributed by atoms with Gasteiger partial charge in [0.15, 0.2) is 63.9 Å². The number of hydrogen-bond donors (Lipinski definition) is 11. The number of carbonyl (C=O) groups excluding carboxylic acids is 3. The third kappa shape index (κ3) is 25.5. The molecule has 0 aromatic carbocycles. The smallest absolute Gasteiger partial charge is 0.410 e. The third-order valence-electron chi connectivity index (χ3n) is 16.1. The summed E-state index contributed by atoms with van der Waals surface area (Å²) in [6, 6.07) is 7.89. The first-order chi connectivity index (χ1) is 59.0. The number of nitrogens with zero attached hydrogens (tertiary/aromatic N) is 20. The minimum Gasteiger partial charge on any atom is -0.467 e. The van der Waals surface area contributed by atoms with Crippen LogP contribution in [0.1, 0.15) is 53.4 Å². The van der Waals surface area contributed by atoms with Crippen molar-refractivity contribution in [3.8, 4) is 30.1 Å². The number of aromatic amines is 5. The number of alkyl halides is 5. The molecule has 3 amide bonds. The average molecular weight is 1850 g/mol. The number of ether oxygens (including phenoxy) is 6. The van der Waals surface area contributed by atoms with Crippen molar-refractivity contribution in [2.75, 3.05) is 98.9 Å². The van der Waals surface area contributed by atoms with Gasteiger partial charge in [0.05, 0.1) is 89.1 Å². The molecule has 0 aliphatic carbocycles. The summed E-state index contributed by atoms with van der Waals surface area (Å²) in [6.07, 6.45) is -0.176. The SMILES string of the molecule is CC(=O)NCCOc1nc2nc(Cl)nc(NCc3nccs3)c2[nH]1.FC(F)(F)CCOc1nc2nc(Cl)nc(NCc3ccco3)c2[nH]1.FC(F)COc1nc2nc(Cl)nc(NCc3cscn3)c2[nH]1.O=C1CCCN1CCOc1nc2nc(Cl)nc(NCc3ccco3)c2[nH]1.O=C1OCCN1CCOc1nc2nc(Cl)nc(NCc3nccs3)c2[nH]1. The second-order valence-corrected chi connectivity index (χ2v) is 29.1. The van der Waals surface area contributed by atoms with Crippen molar-refractivity contribution in [1.29, 1.82) is 0 Å². The highest BCUT2D eigenvalue weighted by Gasteiger charge is 2.28. The monoisotopic (exact) mass is 1850 g/mol. The van der Waals surface area contributed by atoms with Crippen LogP contribution in [-0.4, -0.2) is 227 Å². The number of likely N-dealkylation sites (tertiary alicyclic amines) is 1. The molecule has 15 aromatic rings. The third-order valence-corrected chi connectivity index (χ3v) is 19.2. The van der Waals surface area contributed by atoms with Gasteiger partial charge in [0, 0.05) is 48.4 Å². The zero-order valence-electron chi connectivity index (χ0n) is 62.9. The molecule has 0 atom stereocenters. The van der Waals surface area contributed by atoms with Crippen LogP contribution in [0.5, 0.6) is 30.1 Å². The van der Waals surface area contributed by atoms with Crippen LogP contribution in [0.25, 0.3) is 55.8 Å². The molecule has 17 heterocycles. The van der Waals surface area contributed by atoms with Crippen LogP contribution in [0.4, 0.5) is 55.8 Å². The minimum atomic E-state index is -4.30. The van der Waals surface area contributed by atoms with Gasteiger partial charge in [0.25, 0.3) is 36.5 Å². The van der Waals surface area contributed by atoms with Gasteiger partial charge in [-0.25, -0.2) is 28.5 Å². The number of aromatic nitrogens is 23. The van der Waals surface area contributed by atoms with Crippen molar-refractivity contribution in [2.45, 2.75) is 71.5 Å². The molecule has 42 nitrogen and oxygen atoms in total. The van der Waals surface area contributed by atoms with Gasteiger partial charge in [-0.2, -0.15) is 87.9 Å². The van der Waals surface area contributed by atoms with Crippen LogP contribution in [-0.2, 0) is 47.0 Å². The predicted octanol–water partition coefficient (Wildman–Crippen LogP) is 12.0. The number of imidazole rings is 5. The standard InChI is InChI=1S/C16H17ClN6O3.C14H14ClN7O3S.C13H11ClF3N5O2.C13H14ClN7O2S.C11H9ClF2N6OS/c17-15-20-13(18-9-10-3-2-7-25-10)12-14(21-15)22-16(19-12)26-8-6-23-5-1-4-11(23)24;15-12-19-10(17-7-8-16-1-6-26-8)9-11(20-12)21-13(18-9)24-4-2-22-3-5-25-14(22)23;14-11-20-9(18-6-7-2-1-4-23-7)8-10(21-11)22-12(19-8)24-5-3-13(15,16)17;1-7(22)15-2-4-23-13-18-9-10(17-6-8-16-3-5-24-8)19-12(14)20-11(9)21-13;12-10-18-8(15-1-5-3-22-4-16-5)7-9(19-10)20-11(17-7)21-2-6(13)14/h2-3,7H,1,4-6,8-9H2,(H2,18,19,20,21,22);1,6H,2-5,7H2,(H2,17,18,19,20,21);1-2,4H,3,5-6H2,(H2,18,19,20,21,22);3,5H,2,4,6H2,1H3,(H,15,22)(H2,17,18,19,20,21);3-4,6H,1-2H2,(H2,15,17,18,19,20). The van der Waals surface area contributed by atoms with Crippen LogP contribution in [0.2, 0.25) is 26.4 Å². The largest absolute Gasteiger partial charge is 0.467 e. The Kier molecular flexibility index (Phi) is 30.2. The predicted molar refractivity (Wildman–Crippen MR) is 435 cm³/mol. The van der Waals surface area contributed by atoms with Gasteiger partial charge in [-0.3, -0.25) is 9.59 Å². The van der Waals surface area contributed by atoms with E-state index in [9.17, 15) is 36.3 Å². The van der Waals surface area contributed by atoms with E-state index in [1.54, 1.807) is 46.1 Å². The Morgan fingerprint density at radius 1 is 0.533 bits per heavy atom. The molecule has 642 valence electrons. The molecular weight excluding hydrogens is 1780 g/mol. The normalized spacial score (nSPS) is 12.5. The molecule has 11 N–H and O–H groups in total. The maximum absolute atomic E-state index is 12.2. The lowest BCUT2D eigenvalue weighted by molar-refractivity contribution is -0.139. The maximum atomic E-state index is 12.2. The molecule has 2 saturated heterocycles. The zero-order chi connectivity index (χ0) is 85.5. The van der Waals surface area contributed by atoms with Crippen molar-refractivity contribution in [2.24, 2.45) is 0 Å². The van der Waals surface area contributed by atoms with E-state index in [-0.39, 0.29) is 92.9 Å². The summed E-state index contributed by atoms with van der Waals surface area (Å²) < 4.78 is 103. The van der Waals surface area contributed by atoms with E-state index < -0.39 is 32.2 Å². The number of rotatable bonds is 33. The van der Waals surface area contributed by atoms with E-state index in [2.05, 4.69) is 147 Å². The van der Waals surface area contributed by atoms with Crippen molar-refractivity contribution in [1.82, 2.24) is 130 Å². The Morgan fingerprint density at radius 3 is 1.31 bits per heavy atom. The van der Waals surface area contributed by atoms with E-state index in [0.717, 1.165) is 34.4 Å². The maximum Gasteiger partial charge on any atom is 0.410 e. The first kappa shape index (κ1) is 87.3. The molecule has 122 heavy (non-hydrogen) atoms. The molecule has 0 radical (unpaired) electrons. The molecule has 0 unspecified atom stereocenters. The van der Waals surface area contributed by atoms with Gasteiger partial charge in [-0.1, -0.05) is 0 Å². The van der Waals surface area contributed by atoms with Gasteiger partial charge in [-0.05, 0) is 88.7 Å². The summed E-state index contributed by atoms with van der Waals surface area (Å²) in [5.74, 6) is 3.74. The highest BCUT2D eigenvalue weighted by Crippen LogP contribution is 2.31. The van der Waals surface area contributed by atoms with Crippen molar-refractivity contribution < 1.29 is 73.6 Å². The summed E-state index contributed by atoms with van der Waals surface area (Å²) in [5, 5.41) is 25.8. The van der Waals surface area contributed by atoms with E-state index >= 15 is 0 Å². The number of carbonyl (C=O) groups is 3. The van der Waals surface area contributed by atoms with Gasteiger partial charge in [0.1, 0.15) is 82.2 Å². The zero-order valence-corrected chi connectivity index (χ0v) is 69.1. The second kappa shape index (κ2) is 42.1. The van der Waals surface area contributed by atoms with Crippen molar-refractivity contribution in [3.05, 3.63) is 124 Å². The fourth-order valence-corrected chi connectivity index (χ4v) is 13.2. The number of H-pyrrole nitrogens is 5. The molecule has 15 aromatic heterocycles. The van der Waals surface area contributed by atoms with Crippen molar-refractivity contribution in [3.63, 3.8) is 0 Å². The van der Waals surface area contributed by atoms with Crippen LogP contribution >= 0.6 is 92.0 Å². The van der Waals surface area contributed by atoms with Crippen LogP contribution in [0.15, 0.2) is 79.7 Å². The molecule has 2 aliphatic heterocycles. The Morgan fingerprint density at radius 2 is 0.951 bits per heavy atom. The Bertz CT molecular complexity index is 5750. The number of hydrogen-bond acceptors (Lipinski definition) is 37. The fourth-order valence-electron chi connectivity index (χ4n) is 10.7. The quantitative estimate of drug-likeness (QED) is 0.0103. The lowest BCUT2D eigenvalue weighted by atomic mass is 10.4. The van der Waals surface area contributed by atoms with E-state index in [1.165, 1.54) is 47.2 Å². The highest BCUT2D eigenvalue weighted by molar-refractivity contribution is 7.09. The van der Waals surface area contributed by atoms with E-state index in [1.807, 2.05) is 28.3 Å². The van der Waals surface area contributed by atoms with Crippen LogP contribution in [0.3, 0.4) is 0 Å². The number of anilines is 5. The first-order valence-corrected chi connectivity index (χ1v) is 40.6. The van der Waals surface area contributed by atoms with Crippen LogP contribution in [0, 0.1) is 0 Å². The second-order valence-electron chi connectivity index (χ2n) is 24.7. The number of furan rings is 2. The summed E-state index contributed by atoms with van der Waals surface area (Å²) >= 11 is 34.1. The number of fused-ring (bicyclic) bond motifs is 5. The fraction of sp³-hybridized carbons (Fsp3) is 0.328. The highest BCUT2D eigenvalue weighted by atomic mass is 35.5.